The molecule has 5 aromatic heterocycles. The first-order valence-corrected chi connectivity index (χ1v) is 43.8. The van der Waals surface area contributed by atoms with Crippen LogP contribution in [0.15, 0.2) is 153 Å². The number of amides is 3. The number of piperazine rings is 3. The third-order valence-corrected chi connectivity index (χ3v) is 26.2. The highest BCUT2D eigenvalue weighted by Gasteiger charge is 2.40. The van der Waals surface area contributed by atoms with Crippen LogP contribution in [0, 0.1) is 19.7 Å². The molecule has 9 aliphatic rings. The Kier molecular flexibility index (Phi) is 31.7. The number of likely N-dealkylation sites (N-methyl/N-ethyl adjacent to an activating group) is 3. The molecule has 0 aliphatic carbocycles. The van der Waals surface area contributed by atoms with E-state index in [0.717, 1.165) is 145 Å². The Morgan fingerprint density at radius 3 is 1.17 bits per heavy atom. The summed E-state index contributed by atoms with van der Waals surface area (Å²) in [6.07, 6.45) is 22.8. The largest absolute Gasteiger partial charge is 0.462 e. The molecule has 9 aromatic rings. The zero-order valence-corrected chi connectivity index (χ0v) is 76.2. The van der Waals surface area contributed by atoms with Crippen molar-refractivity contribution < 1.29 is 28.6 Å². The van der Waals surface area contributed by atoms with Crippen molar-refractivity contribution in [2.45, 2.75) is 121 Å². The second-order valence-electron chi connectivity index (χ2n) is 33.6. The third-order valence-electron chi connectivity index (χ3n) is 26.2. The fourth-order valence-electron chi connectivity index (χ4n) is 19.3. The molecule has 6 saturated heterocycles. The van der Waals surface area contributed by atoms with Crippen LogP contribution in [0.1, 0.15) is 79.2 Å². The fraction of sp³-hybridized carbons (Fsp3) is 0.453. The summed E-state index contributed by atoms with van der Waals surface area (Å²) in [6, 6.07) is 33.3. The van der Waals surface area contributed by atoms with Gasteiger partial charge in [-0.05, 0) is 147 Å². The number of hydrogen-bond acceptors (Lipinski definition) is 23. The molecule has 4 aromatic carbocycles. The van der Waals surface area contributed by atoms with Crippen molar-refractivity contribution in [1.29, 1.82) is 0 Å². The van der Waals surface area contributed by atoms with E-state index in [9.17, 15) is 14.4 Å². The van der Waals surface area contributed by atoms with Gasteiger partial charge in [-0.25, -0.2) is 19.7 Å². The van der Waals surface area contributed by atoms with E-state index in [2.05, 4.69) is 188 Å². The fourth-order valence-corrected chi connectivity index (χ4v) is 19.3. The average Bonchev–Trinajstić information content (AvgIpc) is 1.64. The number of allylic oxidation sites excluding steroid dienone is 1. The Labute approximate surface area is 766 Å². The van der Waals surface area contributed by atoms with Crippen molar-refractivity contribution >= 4 is 125 Å². The number of benzene rings is 4. The highest BCUT2D eigenvalue weighted by molar-refractivity contribution is 7.59. The number of aromatic nitrogens is 8. The number of pyridine rings is 2. The quantitative estimate of drug-likeness (QED) is 0.0480. The summed E-state index contributed by atoms with van der Waals surface area (Å²) in [6.45, 7) is 46.9. The van der Waals surface area contributed by atoms with Gasteiger partial charge in [0, 0.05) is 170 Å². The lowest BCUT2D eigenvalue weighted by atomic mass is 10.0. The molecular weight excluding hydrogens is 1660 g/mol. The van der Waals surface area contributed by atoms with Gasteiger partial charge in [0.25, 0.3) is 0 Å². The Balaban J connectivity index is 0.000000161. The molecule has 0 bridgehead atoms. The Morgan fingerprint density at radius 2 is 0.772 bits per heavy atom. The Bertz CT molecular complexity index is 5340. The van der Waals surface area contributed by atoms with Crippen molar-refractivity contribution in [2.24, 2.45) is 0 Å². The van der Waals surface area contributed by atoms with E-state index in [1.807, 2.05) is 42.7 Å². The second kappa shape index (κ2) is 43.3. The van der Waals surface area contributed by atoms with Gasteiger partial charge in [-0.3, -0.25) is 24.4 Å². The SMILES string of the molecule is S.S.S.[C-]#[N+]CC1CN(c2nc(OC[C@@H]3CCCN3C)nc3c2CCN(c2cccc4ccccc24)C3)CCN1C(=O)/C=C/C.[C-]#[N+]CC1CN(c2nc(OC[C@@H]3CCCN3C)nc3c2CCN(c2cccc4cnccc24)C3)CCN1C(=O)C=C.[C-]#[N+]CC1CN(c2nc(OC[C@@H]3CCCN3C)nc3c2CCN(c2cncc4ccccc24)C3)CCN1C(=O)C=C. The molecule has 9 aliphatic heterocycles. The number of fused-ring (bicyclic) bond motifs is 6. The molecule has 0 N–H and O–H groups in total. The van der Waals surface area contributed by atoms with E-state index in [1.165, 1.54) is 64.3 Å². The number of nitrogens with zero attached hydrogens (tertiary/aromatic N) is 23. The molecule has 127 heavy (non-hydrogen) atoms. The zero-order chi connectivity index (χ0) is 85.7. The average molecular weight is 1770 g/mol. The number of carbonyl (C=O) groups excluding carboxylic acids is 3. The summed E-state index contributed by atoms with van der Waals surface area (Å²) in [5, 5.41) is 7.03. The molecule has 666 valence electrons. The molecule has 18 rings (SSSR count). The van der Waals surface area contributed by atoms with E-state index in [-0.39, 0.29) is 96.0 Å². The molecule has 14 heterocycles. The number of carbonyl (C=O) groups is 3. The van der Waals surface area contributed by atoms with Gasteiger partial charge in [-0.1, -0.05) is 92.0 Å². The first-order chi connectivity index (χ1) is 60.7. The van der Waals surface area contributed by atoms with Crippen LogP contribution in [0.5, 0.6) is 18.0 Å². The monoisotopic (exact) mass is 1770 g/mol. The first kappa shape index (κ1) is 93.1. The minimum Gasteiger partial charge on any atom is -0.462 e. The molecule has 0 saturated carbocycles. The topological polar surface area (TPSA) is 234 Å². The second-order valence-corrected chi connectivity index (χ2v) is 33.6. The van der Waals surface area contributed by atoms with E-state index >= 15 is 0 Å². The van der Waals surface area contributed by atoms with Crippen molar-refractivity contribution in [3.63, 3.8) is 0 Å². The van der Waals surface area contributed by atoms with Gasteiger partial charge < -0.3 is 87.5 Å². The van der Waals surface area contributed by atoms with Crippen molar-refractivity contribution in [2.75, 3.05) is 188 Å². The molecule has 3 unspecified atom stereocenters. The Morgan fingerprint density at radius 1 is 0.409 bits per heavy atom. The summed E-state index contributed by atoms with van der Waals surface area (Å²) in [5.41, 5.74) is 9.76. The molecular formula is C95H117N23O6S3. The van der Waals surface area contributed by atoms with E-state index in [0.29, 0.717) is 135 Å². The number of likely N-dealkylation sites (tertiary alicyclic amines) is 3. The first-order valence-electron chi connectivity index (χ1n) is 43.8. The summed E-state index contributed by atoms with van der Waals surface area (Å²) in [7, 11) is 6.42. The van der Waals surface area contributed by atoms with Crippen LogP contribution >= 0.6 is 40.5 Å². The number of ether oxygens (including phenoxy) is 3. The highest BCUT2D eigenvalue weighted by Crippen LogP contribution is 2.40. The zero-order valence-electron chi connectivity index (χ0n) is 73.2. The van der Waals surface area contributed by atoms with Crippen LogP contribution < -0.4 is 43.6 Å². The summed E-state index contributed by atoms with van der Waals surface area (Å²) in [5.74, 6) is 2.32. The summed E-state index contributed by atoms with van der Waals surface area (Å²) < 4.78 is 18.9. The molecule has 0 spiro atoms. The molecule has 32 heteroatoms. The number of hydrogen-bond donors (Lipinski definition) is 0. The molecule has 6 atom stereocenters. The number of anilines is 6. The van der Waals surface area contributed by atoms with Gasteiger partial charge in [0.15, 0.2) is 0 Å². The molecule has 29 nitrogen and oxygen atoms in total. The van der Waals surface area contributed by atoms with Gasteiger partial charge >= 0.3 is 18.0 Å². The van der Waals surface area contributed by atoms with Crippen LogP contribution in [0.3, 0.4) is 0 Å². The number of rotatable bonds is 21. The van der Waals surface area contributed by atoms with Gasteiger partial charge in [0.2, 0.25) is 37.4 Å². The molecule has 6 fully saturated rings. The van der Waals surface area contributed by atoms with Crippen LogP contribution in [-0.4, -0.2) is 282 Å². The van der Waals surface area contributed by atoms with Crippen LogP contribution in [-0.2, 0) is 53.3 Å². The maximum atomic E-state index is 12.8. The predicted octanol–water partition coefficient (Wildman–Crippen LogP) is 10.9. The van der Waals surface area contributed by atoms with E-state index < -0.39 is 0 Å². The van der Waals surface area contributed by atoms with Gasteiger partial charge in [0.1, 0.15) is 55.4 Å². The van der Waals surface area contributed by atoms with Crippen LogP contribution in [0.4, 0.5) is 34.5 Å². The minimum absolute atomic E-state index is 0. The maximum absolute atomic E-state index is 12.8. The third kappa shape index (κ3) is 21.0. The lowest BCUT2D eigenvalue weighted by Crippen LogP contribution is -2.56. The molecule has 0 radical (unpaired) electrons. The van der Waals surface area contributed by atoms with Crippen LogP contribution in [0.25, 0.3) is 46.9 Å². The smallest absolute Gasteiger partial charge is 0.318 e. The van der Waals surface area contributed by atoms with E-state index in [4.69, 9.17) is 63.8 Å². The maximum Gasteiger partial charge on any atom is 0.318 e. The van der Waals surface area contributed by atoms with Crippen molar-refractivity contribution in [3.05, 3.63) is 221 Å². The van der Waals surface area contributed by atoms with Crippen molar-refractivity contribution in [1.82, 2.24) is 69.3 Å². The highest BCUT2D eigenvalue weighted by atomic mass is 32.1. The normalized spacial score (nSPS) is 20.6. The standard InChI is InChI=1S/C33H39N7O2.2C31H36N8O2.3H2S/c1-4-9-31(41)40-19-18-39(21-26(40)20-34-2)32-28-15-17-38(30-14-7-11-24-10-5-6-13-27(24)30)22-29(28)35-33(36-32)42-23-25-12-8-16-37(25)3;1-4-29(40)39-16-15-38(19-24(39)18-32-2)30-26-11-14-37(28-9-5-7-22-17-33-12-10-25(22)28)20-27(26)34-31(35-30)41-21-23-8-6-13-36(23)3;1-4-29(40)39-15-14-38(19-24(39)17-32-2)30-26-11-13-37(28-18-33-16-22-8-5-6-10-25(22)28)20-27(26)34-31(35-30)41-21-23-9-7-12-36(23)3;;;/h4-7,9-11,13-14,25-26H,8,12,15-23H2,1,3H3;4-5,7,9-10,12,17,23-24H,1,6,8,11,13-16,18-21H2,3H3;4-6,8,10,16,18,23-24H,1,7,9,11-15,17,19-21H2,3H3;3*1H2/b9-4+;;;;;/t25-,26?;2*23-,24?;;;/m000.../s1. The Hall–Kier alpha value is -11.6. The van der Waals surface area contributed by atoms with Gasteiger partial charge in [0.05, 0.1) is 48.6 Å². The van der Waals surface area contributed by atoms with Gasteiger partial charge in [-0.15, -0.1) is 0 Å². The van der Waals surface area contributed by atoms with Crippen LogP contribution in [0.2, 0.25) is 0 Å². The summed E-state index contributed by atoms with van der Waals surface area (Å²) in [4.78, 5) is 114. The van der Waals surface area contributed by atoms with E-state index in [1.54, 1.807) is 22.0 Å². The minimum atomic E-state index is -0.226. The van der Waals surface area contributed by atoms with Crippen molar-refractivity contribution in [3.8, 4) is 18.0 Å². The molecule has 3 amide bonds. The lowest BCUT2D eigenvalue weighted by Gasteiger charge is -2.41. The van der Waals surface area contributed by atoms with Gasteiger partial charge in [-0.2, -0.15) is 70.4 Å². The predicted molar refractivity (Wildman–Crippen MR) is 515 cm³/mol. The summed E-state index contributed by atoms with van der Waals surface area (Å²) >= 11 is 0. The lowest BCUT2D eigenvalue weighted by molar-refractivity contribution is -0.129.